The summed E-state index contributed by atoms with van der Waals surface area (Å²) in [5.41, 5.74) is 3.48. The van der Waals surface area contributed by atoms with Gasteiger partial charge in [-0.1, -0.05) is 23.7 Å². The fourth-order valence-electron chi connectivity index (χ4n) is 2.30. The number of aryl methyl sites for hydroxylation is 3. The summed E-state index contributed by atoms with van der Waals surface area (Å²) in [4.78, 5) is 24.2. The molecule has 0 heterocycles. The summed E-state index contributed by atoms with van der Waals surface area (Å²) in [6.45, 7) is 6.89. The van der Waals surface area contributed by atoms with Crippen LogP contribution in [0.15, 0.2) is 36.4 Å². The highest BCUT2D eigenvalue weighted by atomic mass is 35.5. The minimum absolute atomic E-state index is 0.288. The predicted octanol–water partition coefficient (Wildman–Crippen LogP) is 4.21. The van der Waals surface area contributed by atoms with Crippen LogP contribution in [-0.4, -0.2) is 24.6 Å². The number of nitrogens with one attached hydrogen (secondary N) is 1. The van der Waals surface area contributed by atoms with Gasteiger partial charge in [-0.25, -0.2) is 4.79 Å². The van der Waals surface area contributed by atoms with Crippen LogP contribution in [0, 0.1) is 20.8 Å². The topological polar surface area (TPSA) is 64.6 Å². The molecule has 6 heteroatoms. The van der Waals surface area contributed by atoms with Crippen molar-refractivity contribution >= 4 is 29.2 Å². The average Bonchev–Trinajstić information content (AvgIpc) is 2.57. The summed E-state index contributed by atoms with van der Waals surface area (Å²) in [5, 5.41) is 3.37. The fourth-order valence-corrected chi connectivity index (χ4v) is 2.53. The van der Waals surface area contributed by atoms with Crippen LogP contribution >= 0.6 is 11.6 Å². The van der Waals surface area contributed by atoms with Crippen molar-refractivity contribution in [3.05, 3.63) is 58.1 Å². The van der Waals surface area contributed by atoms with Gasteiger partial charge in [0.2, 0.25) is 0 Å². The average molecular weight is 376 g/mol. The number of amides is 1. The zero-order chi connectivity index (χ0) is 19.3. The Morgan fingerprint density at radius 2 is 1.81 bits per heavy atom. The molecule has 1 N–H and O–H groups in total. The molecule has 0 saturated heterocycles. The monoisotopic (exact) mass is 375 g/mol. The molecule has 0 fully saturated rings. The maximum Gasteiger partial charge on any atom is 0.344 e. The summed E-state index contributed by atoms with van der Waals surface area (Å²) in [7, 11) is 0. The summed E-state index contributed by atoms with van der Waals surface area (Å²) >= 11 is 5.88. The van der Waals surface area contributed by atoms with E-state index >= 15 is 0 Å². The molecule has 26 heavy (non-hydrogen) atoms. The normalized spacial score (nSPS) is 11.6. The standard InChI is InChI=1S/C20H22ClNO4/c1-12-5-6-13(2)17(9-12)22-20(24)15(4)26-19(23)11-25-18-8-7-16(21)10-14(18)3/h5-10,15H,11H2,1-4H3,(H,22,24). The number of anilines is 1. The third-order valence-electron chi connectivity index (χ3n) is 3.81. The van der Waals surface area contributed by atoms with Crippen LogP contribution in [0.3, 0.4) is 0 Å². The Balaban J connectivity index is 1.87. The molecule has 0 radical (unpaired) electrons. The second-order valence-electron chi connectivity index (χ2n) is 6.14. The zero-order valence-electron chi connectivity index (χ0n) is 15.3. The van der Waals surface area contributed by atoms with E-state index in [2.05, 4.69) is 5.32 Å². The SMILES string of the molecule is Cc1ccc(C)c(NC(=O)C(C)OC(=O)COc2ccc(Cl)cc2C)c1. The molecule has 0 aliphatic heterocycles. The summed E-state index contributed by atoms with van der Waals surface area (Å²) in [6, 6.07) is 10.8. The second kappa shape index (κ2) is 8.72. The zero-order valence-corrected chi connectivity index (χ0v) is 16.0. The van der Waals surface area contributed by atoms with Crippen molar-refractivity contribution in [1.82, 2.24) is 0 Å². The smallest absolute Gasteiger partial charge is 0.344 e. The lowest BCUT2D eigenvalue weighted by atomic mass is 10.1. The Morgan fingerprint density at radius 1 is 1.08 bits per heavy atom. The quantitative estimate of drug-likeness (QED) is 0.768. The maximum absolute atomic E-state index is 12.2. The lowest BCUT2D eigenvalue weighted by Crippen LogP contribution is -2.32. The highest BCUT2D eigenvalue weighted by Gasteiger charge is 2.19. The Bertz CT molecular complexity index is 819. The van der Waals surface area contributed by atoms with Gasteiger partial charge in [-0.15, -0.1) is 0 Å². The molecule has 1 amide bonds. The van der Waals surface area contributed by atoms with E-state index in [-0.39, 0.29) is 6.61 Å². The third kappa shape index (κ3) is 5.49. The van der Waals surface area contributed by atoms with Crippen LogP contribution in [-0.2, 0) is 14.3 Å². The molecule has 5 nitrogen and oxygen atoms in total. The van der Waals surface area contributed by atoms with E-state index in [1.165, 1.54) is 6.92 Å². The highest BCUT2D eigenvalue weighted by molar-refractivity contribution is 6.30. The van der Waals surface area contributed by atoms with Crippen molar-refractivity contribution in [1.29, 1.82) is 0 Å². The van der Waals surface area contributed by atoms with E-state index in [0.717, 1.165) is 16.7 Å². The van der Waals surface area contributed by atoms with Gasteiger partial charge in [0, 0.05) is 10.7 Å². The van der Waals surface area contributed by atoms with Crippen LogP contribution < -0.4 is 10.1 Å². The number of hydrogen-bond donors (Lipinski definition) is 1. The third-order valence-corrected chi connectivity index (χ3v) is 4.05. The molecule has 0 saturated carbocycles. The molecule has 0 spiro atoms. The van der Waals surface area contributed by atoms with Gasteiger partial charge < -0.3 is 14.8 Å². The number of halogens is 1. The molecule has 0 aliphatic carbocycles. The first-order valence-electron chi connectivity index (χ1n) is 8.23. The molecular formula is C20H22ClNO4. The molecule has 2 aromatic carbocycles. The van der Waals surface area contributed by atoms with Crippen LogP contribution in [0.25, 0.3) is 0 Å². The van der Waals surface area contributed by atoms with Gasteiger partial charge >= 0.3 is 5.97 Å². The lowest BCUT2D eigenvalue weighted by molar-refractivity contribution is -0.155. The molecule has 1 unspecified atom stereocenters. The van der Waals surface area contributed by atoms with E-state index in [0.29, 0.717) is 16.5 Å². The number of carbonyl (C=O) groups excluding carboxylic acids is 2. The Kier molecular flexibility index (Phi) is 6.64. The number of benzene rings is 2. The van der Waals surface area contributed by atoms with Crippen molar-refractivity contribution in [2.75, 3.05) is 11.9 Å². The summed E-state index contributed by atoms with van der Waals surface area (Å²) in [5.74, 6) is -0.475. The molecule has 1 atom stereocenters. The molecule has 0 bridgehead atoms. The van der Waals surface area contributed by atoms with Gasteiger partial charge in [-0.2, -0.15) is 0 Å². The molecule has 0 aliphatic rings. The largest absolute Gasteiger partial charge is 0.482 e. The van der Waals surface area contributed by atoms with Crippen molar-refractivity contribution < 1.29 is 19.1 Å². The van der Waals surface area contributed by atoms with Crippen molar-refractivity contribution in [3.8, 4) is 5.75 Å². The first kappa shape index (κ1) is 19.8. The van der Waals surface area contributed by atoms with E-state index in [9.17, 15) is 9.59 Å². The van der Waals surface area contributed by atoms with Gasteiger partial charge in [-0.05, 0) is 68.7 Å². The first-order chi connectivity index (χ1) is 12.3. The summed E-state index contributed by atoms with van der Waals surface area (Å²) in [6.07, 6.45) is -0.933. The number of hydrogen-bond acceptors (Lipinski definition) is 4. The predicted molar refractivity (Wildman–Crippen MR) is 102 cm³/mol. The Morgan fingerprint density at radius 3 is 2.50 bits per heavy atom. The van der Waals surface area contributed by atoms with Gasteiger partial charge in [0.05, 0.1) is 0 Å². The highest BCUT2D eigenvalue weighted by Crippen LogP contribution is 2.22. The fraction of sp³-hybridized carbons (Fsp3) is 0.300. The van der Waals surface area contributed by atoms with Crippen molar-refractivity contribution in [3.63, 3.8) is 0 Å². The van der Waals surface area contributed by atoms with Gasteiger partial charge in [-0.3, -0.25) is 4.79 Å². The number of esters is 1. The van der Waals surface area contributed by atoms with Crippen LogP contribution in [0.2, 0.25) is 5.02 Å². The first-order valence-corrected chi connectivity index (χ1v) is 8.60. The molecule has 2 aromatic rings. The van der Waals surface area contributed by atoms with E-state index in [1.807, 2.05) is 39.0 Å². The van der Waals surface area contributed by atoms with Crippen LogP contribution in [0.5, 0.6) is 5.75 Å². The van der Waals surface area contributed by atoms with Crippen LogP contribution in [0.1, 0.15) is 23.6 Å². The molecule has 138 valence electrons. The molecule has 0 aromatic heterocycles. The van der Waals surface area contributed by atoms with Gasteiger partial charge in [0.15, 0.2) is 12.7 Å². The summed E-state index contributed by atoms with van der Waals surface area (Å²) < 4.78 is 10.6. The van der Waals surface area contributed by atoms with Crippen molar-refractivity contribution in [2.24, 2.45) is 0 Å². The van der Waals surface area contributed by atoms with E-state index in [4.69, 9.17) is 21.1 Å². The lowest BCUT2D eigenvalue weighted by Gasteiger charge is -2.15. The maximum atomic E-state index is 12.2. The van der Waals surface area contributed by atoms with E-state index in [1.54, 1.807) is 18.2 Å². The minimum atomic E-state index is -0.933. The van der Waals surface area contributed by atoms with Crippen molar-refractivity contribution in [2.45, 2.75) is 33.8 Å². The number of rotatable bonds is 6. The second-order valence-corrected chi connectivity index (χ2v) is 6.57. The van der Waals surface area contributed by atoms with Gasteiger partial charge in [0.25, 0.3) is 5.91 Å². The molecule has 2 rings (SSSR count). The Labute approximate surface area is 158 Å². The number of carbonyl (C=O) groups is 2. The number of ether oxygens (including phenoxy) is 2. The van der Waals surface area contributed by atoms with E-state index < -0.39 is 18.0 Å². The minimum Gasteiger partial charge on any atom is -0.482 e. The molecular weight excluding hydrogens is 354 g/mol. The van der Waals surface area contributed by atoms with Gasteiger partial charge in [0.1, 0.15) is 5.75 Å². The Hall–Kier alpha value is -2.53. The van der Waals surface area contributed by atoms with Crippen LogP contribution in [0.4, 0.5) is 5.69 Å².